The maximum atomic E-state index is 14.0. The smallest absolute Gasteiger partial charge is 0.192 e. The first-order chi connectivity index (χ1) is 16.8. The highest BCUT2D eigenvalue weighted by atomic mass is 19.4. The molecule has 172 valence electrons. The summed E-state index contributed by atoms with van der Waals surface area (Å²) in [6.07, 6.45) is -11.2. The van der Waals surface area contributed by atoms with Crippen molar-refractivity contribution in [3.63, 3.8) is 0 Å². The molecule has 0 spiro atoms. The van der Waals surface area contributed by atoms with Gasteiger partial charge in [-0.15, -0.1) is 0 Å². The van der Waals surface area contributed by atoms with Crippen LogP contribution in [0.3, 0.4) is 0 Å². The number of hydrogen-bond donors (Lipinski definition) is 0. The first-order valence-corrected chi connectivity index (χ1v) is 8.93. The standard InChI is InChI=1S/C23H3F6N7/c24-22(25,26)20-14(6-32)3-16(21(18(20)10-36)23(27,28)29)17(9-35)19-12(4-30)1-11(2-13(19)5-31)15(7-33)8-34/h1-3H. The van der Waals surface area contributed by atoms with Gasteiger partial charge in [0.05, 0.1) is 57.2 Å². The topological polar surface area (TPSA) is 167 Å². The molecule has 36 heavy (non-hydrogen) atoms. The van der Waals surface area contributed by atoms with Crippen molar-refractivity contribution in [2.45, 2.75) is 12.4 Å². The minimum atomic E-state index is -5.65. The van der Waals surface area contributed by atoms with Gasteiger partial charge in [0.2, 0.25) is 0 Å². The first-order valence-electron chi connectivity index (χ1n) is 8.93. The second kappa shape index (κ2) is 9.59. The molecule has 2 aromatic rings. The number of hydrogen-bond acceptors (Lipinski definition) is 7. The Morgan fingerprint density at radius 3 is 1.39 bits per heavy atom. The van der Waals surface area contributed by atoms with Gasteiger partial charge in [0.25, 0.3) is 0 Å². The van der Waals surface area contributed by atoms with E-state index in [0.717, 1.165) is 24.3 Å². The lowest BCUT2D eigenvalue weighted by Crippen LogP contribution is -2.24. The highest BCUT2D eigenvalue weighted by Crippen LogP contribution is 2.44. The lowest BCUT2D eigenvalue weighted by Gasteiger charge is -2.19. The third-order valence-electron chi connectivity index (χ3n) is 4.65. The van der Waals surface area contributed by atoms with Crippen LogP contribution in [0.15, 0.2) is 18.2 Å². The number of alkyl halides is 6. The summed E-state index contributed by atoms with van der Waals surface area (Å²) in [6.45, 7) is 0. The monoisotopic (exact) mass is 491 g/mol. The van der Waals surface area contributed by atoms with Gasteiger partial charge >= 0.3 is 12.4 Å². The molecule has 0 fully saturated rings. The van der Waals surface area contributed by atoms with Gasteiger partial charge in [-0.2, -0.15) is 63.2 Å². The van der Waals surface area contributed by atoms with Crippen LogP contribution in [0.2, 0.25) is 0 Å². The van der Waals surface area contributed by atoms with Crippen LogP contribution in [0.1, 0.15) is 38.9 Å². The molecule has 0 saturated carbocycles. The van der Waals surface area contributed by atoms with Gasteiger partial charge in [-0.3, -0.25) is 0 Å². The lowest BCUT2D eigenvalue weighted by molar-refractivity contribution is -0.143. The van der Waals surface area contributed by atoms with Crippen LogP contribution in [0.4, 0.5) is 26.3 Å². The fourth-order valence-corrected chi connectivity index (χ4v) is 3.31. The predicted molar refractivity (Wildman–Crippen MR) is 104 cm³/mol. The highest BCUT2D eigenvalue weighted by Gasteiger charge is 2.45. The molecule has 0 aliphatic carbocycles. The highest BCUT2D eigenvalue weighted by molar-refractivity contribution is 5.84. The second-order valence-corrected chi connectivity index (χ2v) is 6.57. The molecule has 0 aliphatic rings. The summed E-state index contributed by atoms with van der Waals surface area (Å²) in [5, 5.41) is 64.2. The van der Waals surface area contributed by atoms with Gasteiger partial charge in [0.15, 0.2) is 0 Å². The van der Waals surface area contributed by atoms with Crippen molar-refractivity contribution in [3.05, 3.63) is 67.6 Å². The van der Waals surface area contributed by atoms with Crippen LogP contribution in [-0.2, 0) is 12.4 Å². The van der Waals surface area contributed by atoms with E-state index in [9.17, 15) is 52.7 Å². The van der Waals surface area contributed by atoms with Gasteiger partial charge in [0.1, 0.15) is 29.8 Å². The Bertz CT molecular complexity index is 1670. The summed E-state index contributed by atoms with van der Waals surface area (Å²) < 4.78 is 82.6. The summed E-state index contributed by atoms with van der Waals surface area (Å²) in [5.74, 6) is 0. The van der Waals surface area contributed by atoms with Gasteiger partial charge in [0, 0.05) is 16.0 Å². The molecular formula is C23H3F6N7. The Hall–Kier alpha value is -5.81. The molecule has 0 bridgehead atoms. The molecule has 0 amide bonds. The average Bonchev–Trinajstić information content (AvgIpc) is 2.82. The molecule has 0 aromatic heterocycles. The predicted octanol–water partition coefficient (Wildman–Crippen LogP) is 3.13. The summed E-state index contributed by atoms with van der Waals surface area (Å²) >= 11 is 0. The third-order valence-corrected chi connectivity index (χ3v) is 4.65. The number of nitriles is 7. The number of nitrogens with zero attached hydrogens (tertiary/aromatic N) is 7. The Balaban J connectivity index is 3.45. The molecule has 0 heterocycles. The van der Waals surface area contributed by atoms with Crippen molar-refractivity contribution >= 4 is 11.1 Å². The molecule has 0 radical (unpaired) electrons. The van der Waals surface area contributed by atoms with Crippen molar-refractivity contribution in [3.8, 4) is 42.5 Å². The number of benzene rings is 2. The minimum Gasteiger partial charge on any atom is -0.192 e. The first kappa shape index (κ1) is 26.4. The van der Waals surface area contributed by atoms with Crippen molar-refractivity contribution in [1.29, 1.82) is 36.8 Å². The molecular weight excluding hydrogens is 488 g/mol. The normalized spacial score (nSPS) is 10.3. The van der Waals surface area contributed by atoms with Crippen LogP contribution < -0.4 is 10.4 Å². The van der Waals surface area contributed by atoms with E-state index in [1.54, 1.807) is 0 Å². The van der Waals surface area contributed by atoms with Gasteiger partial charge in [-0.25, -0.2) is 0 Å². The SMILES string of the molecule is N#CC(C#N)=c1cc(C#N)c(=C(C#N)c2cc(C#N)c(C(F)(F)F)c(C#N)c2C(F)(F)F)c(C#N)c1. The third kappa shape index (κ3) is 4.48. The summed E-state index contributed by atoms with van der Waals surface area (Å²) in [5.41, 5.74) is -12.2. The van der Waals surface area contributed by atoms with Crippen LogP contribution >= 0.6 is 0 Å². The van der Waals surface area contributed by atoms with Crippen molar-refractivity contribution in [2.75, 3.05) is 0 Å². The summed E-state index contributed by atoms with van der Waals surface area (Å²) in [6, 6.07) is 10.9. The number of rotatable bonds is 1. The van der Waals surface area contributed by atoms with Gasteiger partial charge in [-0.05, 0) is 18.2 Å². The largest absolute Gasteiger partial charge is 0.418 e. The van der Waals surface area contributed by atoms with E-state index >= 15 is 0 Å². The van der Waals surface area contributed by atoms with Crippen molar-refractivity contribution in [2.24, 2.45) is 0 Å². The van der Waals surface area contributed by atoms with Crippen LogP contribution in [0.5, 0.6) is 0 Å². The maximum absolute atomic E-state index is 14.0. The van der Waals surface area contributed by atoms with E-state index in [1.807, 2.05) is 0 Å². The molecule has 2 rings (SSSR count). The van der Waals surface area contributed by atoms with Crippen LogP contribution in [-0.4, -0.2) is 0 Å². The quantitative estimate of drug-likeness (QED) is 0.552. The molecule has 7 nitrogen and oxygen atoms in total. The van der Waals surface area contributed by atoms with Gasteiger partial charge < -0.3 is 0 Å². The fraction of sp³-hybridized carbons (Fsp3) is 0.0870. The van der Waals surface area contributed by atoms with E-state index in [0.29, 0.717) is 0 Å². The lowest BCUT2D eigenvalue weighted by atomic mass is 9.86. The van der Waals surface area contributed by atoms with E-state index in [4.69, 9.17) is 10.5 Å². The number of halogens is 6. The Labute approximate surface area is 197 Å². The van der Waals surface area contributed by atoms with Crippen LogP contribution in [0, 0.1) is 79.3 Å². The fourth-order valence-electron chi connectivity index (χ4n) is 3.31. The van der Waals surface area contributed by atoms with E-state index < -0.39 is 67.7 Å². The average molecular weight is 491 g/mol. The van der Waals surface area contributed by atoms with Gasteiger partial charge in [-0.1, -0.05) is 0 Å². The molecule has 0 N–H and O–H groups in total. The molecule has 0 atom stereocenters. The molecule has 0 unspecified atom stereocenters. The minimum absolute atomic E-state index is 0.101. The Morgan fingerprint density at radius 1 is 0.583 bits per heavy atom. The summed E-state index contributed by atoms with van der Waals surface area (Å²) in [7, 11) is 0. The van der Waals surface area contributed by atoms with E-state index in [1.165, 1.54) is 30.3 Å². The molecule has 13 heteroatoms. The van der Waals surface area contributed by atoms with Crippen LogP contribution in [0.25, 0.3) is 11.1 Å². The zero-order chi connectivity index (χ0) is 27.4. The Morgan fingerprint density at radius 2 is 1.06 bits per heavy atom. The Kier molecular flexibility index (Phi) is 7.04. The van der Waals surface area contributed by atoms with Crippen molar-refractivity contribution < 1.29 is 26.3 Å². The zero-order valence-corrected chi connectivity index (χ0v) is 17.1. The van der Waals surface area contributed by atoms with E-state index in [-0.39, 0.29) is 11.3 Å². The van der Waals surface area contributed by atoms with Crippen molar-refractivity contribution in [1.82, 2.24) is 0 Å². The zero-order valence-electron chi connectivity index (χ0n) is 17.1. The molecule has 0 aliphatic heterocycles. The summed E-state index contributed by atoms with van der Waals surface area (Å²) in [4.78, 5) is 0. The molecule has 0 saturated heterocycles. The molecule has 2 aromatic carbocycles. The van der Waals surface area contributed by atoms with E-state index in [2.05, 4.69) is 0 Å². The maximum Gasteiger partial charge on any atom is 0.418 e. The second-order valence-electron chi connectivity index (χ2n) is 6.57.